The van der Waals surface area contributed by atoms with Crippen molar-refractivity contribution >= 4 is 26.6 Å². The van der Waals surface area contributed by atoms with Crippen LogP contribution in [0.4, 0.5) is 0 Å². The standard InChI is InChI=1S/C32H30N4O5S/c33-18-24-16-22(6-7-31(24)41-26-10-14-39-15-11-26)28-8-12-34-32-29(28)17-30(23-9-13-35(19-23)25-20-40-21-25)36(32)42(37,38)27-4-2-1-3-5-27/h1-9,12,16-17,25-26H,10-11,13-15,19-21H2. The largest absolute Gasteiger partial charge is 0.489 e. The Morgan fingerprint density at radius 1 is 1.00 bits per heavy atom. The molecule has 0 spiro atoms. The minimum Gasteiger partial charge on any atom is -0.489 e. The third-order valence-electron chi connectivity index (χ3n) is 8.23. The first-order chi connectivity index (χ1) is 20.5. The van der Waals surface area contributed by atoms with Crippen LogP contribution in [0.25, 0.3) is 27.7 Å². The summed E-state index contributed by atoms with van der Waals surface area (Å²) in [6.07, 6.45) is 5.29. The van der Waals surface area contributed by atoms with Crippen LogP contribution in [0.3, 0.4) is 0 Å². The molecule has 2 saturated heterocycles. The van der Waals surface area contributed by atoms with Crippen LogP contribution in [-0.2, 0) is 19.5 Å². The van der Waals surface area contributed by atoms with E-state index in [1.165, 1.54) is 3.97 Å². The average molecular weight is 583 g/mol. The molecule has 0 atom stereocenters. The van der Waals surface area contributed by atoms with Crippen LogP contribution >= 0.6 is 0 Å². The van der Waals surface area contributed by atoms with Crippen LogP contribution in [0, 0.1) is 11.3 Å². The van der Waals surface area contributed by atoms with Crippen molar-refractivity contribution < 1.29 is 22.6 Å². The summed E-state index contributed by atoms with van der Waals surface area (Å²) in [6.45, 7) is 4.03. The molecule has 9 nitrogen and oxygen atoms in total. The summed E-state index contributed by atoms with van der Waals surface area (Å²) in [6, 6.07) is 20.4. The molecule has 214 valence electrons. The summed E-state index contributed by atoms with van der Waals surface area (Å²) in [7, 11) is -3.97. The van der Waals surface area contributed by atoms with Crippen molar-refractivity contribution in [2.24, 2.45) is 0 Å². The molecule has 2 aromatic carbocycles. The van der Waals surface area contributed by atoms with Gasteiger partial charge >= 0.3 is 0 Å². The zero-order valence-corrected chi connectivity index (χ0v) is 23.8. The second kappa shape index (κ2) is 11.0. The van der Waals surface area contributed by atoms with Crippen molar-refractivity contribution in [2.75, 3.05) is 39.5 Å². The summed E-state index contributed by atoms with van der Waals surface area (Å²) < 4.78 is 46.7. The number of aromatic nitrogens is 2. The lowest BCUT2D eigenvalue weighted by atomic mass is 10.0. The summed E-state index contributed by atoms with van der Waals surface area (Å²) in [4.78, 5) is 7.09. The van der Waals surface area contributed by atoms with Crippen molar-refractivity contribution in [3.8, 4) is 22.9 Å². The van der Waals surface area contributed by atoms with E-state index in [1.807, 2.05) is 24.3 Å². The number of benzene rings is 2. The molecule has 42 heavy (non-hydrogen) atoms. The molecule has 5 heterocycles. The highest BCUT2D eigenvalue weighted by Gasteiger charge is 2.33. The summed E-state index contributed by atoms with van der Waals surface area (Å²) in [5.41, 5.74) is 3.88. The Morgan fingerprint density at radius 2 is 1.81 bits per heavy atom. The lowest BCUT2D eigenvalue weighted by molar-refractivity contribution is -0.0547. The second-order valence-corrected chi connectivity index (χ2v) is 12.6. The first-order valence-corrected chi connectivity index (χ1v) is 15.6. The molecule has 3 aliphatic heterocycles. The van der Waals surface area contributed by atoms with Gasteiger partial charge in [0.15, 0.2) is 5.65 Å². The topological polar surface area (TPSA) is 107 Å². The highest BCUT2D eigenvalue weighted by molar-refractivity contribution is 7.90. The molecule has 4 aromatic rings. The monoisotopic (exact) mass is 582 g/mol. The zero-order valence-electron chi connectivity index (χ0n) is 23.0. The third kappa shape index (κ3) is 4.78. The van der Waals surface area contributed by atoms with Crippen LogP contribution in [0.15, 0.2) is 77.8 Å². The fraction of sp³-hybridized carbons (Fsp3) is 0.312. The molecule has 2 aromatic heterocycles. The van der Waals surface area contributed by atoms with Crippen LogP contribution < -0.4 is 4.74 Å². The molecule has 0 bridgehead atoms. The van der Waals surface area contributed by atoms with Crippen molar-refractivity contribution in [2.45, 2.75) is 29.9 Å². The van der Waals surface area contributed by atoms with Crippen LogP contribution in [0.2, 0.25) is 0 Å². The molecule has 0 unspecified atom stereocenters. The van der Waals surface area contributed by atoms with Crippen molar-refractivity contribution in [3.63, 3.8) is 0 Å². The molecule has 0 amide bonds. The summed E-state index contributed by atoms with van der Waals surface area (Å²) in [5, 5.41) is 10.7. The second-order valence-electron chi connectivity index (χ2n) is 10.8. The highest BCUT2D eigenvalue weighted by Crippen LogP contribution is 2.37. The highest BCUT2D eigenvalue weighted by atomic mass is 32.2. The van der Waals surface area contributed by atoms with E-state index in [2.05, 4.69) is 22.0 Å². The number of hydrogen-bond donors (Lipinski definition) is 0. The van der Waals surface area contributed by atoms with Gasteiger partial charge in [0.1, 0.15) is 17.9 Å². The first-order valence-electron chi connectivity index (χ1n) is 14.1. The predicted molar refractivity (Wildman–Crippen MR) is 158 cm³/mol. The summed E-state index contributed by atoms with van der Waals surface area (Å²) >= 11 is 0. The molecule has 3 aliphatic rings. The Labute approximate surface area is 244 Å². The predicted octanol–water partition coefficient (Wildman–Crippen LogP) is 4.47. The Morgan fingerprint density at radius 3 is 2.55 bits per heavy atom. The van der Waals surface area contributed by atoms with Crippen molar-refractivity contribution in [1.82, 2.24) is 13.9 Å². The Hall–Kier alpha value is -4.01. The number of nitriles is 1. The fourth-order valence-electron chi connectivity index (χ4n) is 5.83. The maximum absolute atomic E-state index is 14.1. The van der Waals surface area contributed by atoms with Gasteiger partial charge in [-0.3, -0.25) is 4.90 Å². The van der Waals surface area contributed by atoms with E-state index in [4.69, 9.17) is 14.2 Å². The quantitative estimate of drug-likeness (QED) is 0.314. The van der Waals surface area contributed by atoms with E-state index in [0.29, 0.717) is 67.1 Å². The van der Waals surface area contributed by atoms with E-state index >= 15 is 0 Å². The Balaban J connectivity index is 1.34. The normalized spacial score (nSPS) is 18.5. The van der Waals surface area contributed by atoms with Crippen LogP contribution in [0.1, 0.15) is 24.1 Å². The van der Waals surface area contributed by atoms with Gasteiger partial charge in [0, 0.05) is 37.5 Å². The molecule has 2 fully saturated rings. The van der Waals surface area contributed by atoms with Gasteiger partial charge in [0.25, 0.3) is 10.0 Å². The fourth-order valence-corrected chi connectivity index (χ4v) is 7.34. The van der Waals surface area contributed by atoms with Gasteiger partial charge in [-0.25, -0.2) is 17.4 Å². The van der Waals surface area contributed by atoms with Crippen LogP contribution in [-0.4, -0.2) is 73.9 Å². The van der Waals surface area contributed by atoms with Crippen molar-refractivity contribution in [1.29, 1.82) is 5.26 Å². The third-order valence-corrected chi connectivity index (χ3v) is 9.95. The average Bonchev–Trinajstić information content (AvgIpc) is 3.63. The lowest BCUT2D eigenvalue weighted by Gasteiger charge is -2.34. The maximum atomic E-state index is 14.1. The number of nitrogens with zero attached hydrogens (tertiary/aromatic N) is 4. The van der Waals surface area contributed by atoms with E-state index in [-0.39, 0.29) is 11.0 Å². The maximum Gasteiger partial charge on any atom is 0.269 e. The van der Waals surface area contributed by atoms with Gasteiger partial charge in [0.2, 0.25) is 0 Å². The molecule has 10 heteroatoms. The molecular weight excluding hydrogens is 552 g/mol. The number of ether oxygens (including phenoxy) is 3. The Kier molecular flexibility index (Phi) is 7.04. The van der Waals surface area contributed by atoms with Gasteiger partial charge in [-0.2, -0.15) is 5.26 Å². The van der Waals surface area contributed by atoms with Gasteiger partial charge in [-0.1, -0.05) is 30.3 Å². The molecule has 0 radical (unpaired) electrons. The van der Waals surface area contributed by atoms with Gasteiger partial charge in [-0.15, -0.1) is 0 Å². The van der Waals surface area contributed by atoms with Crippen molar-refractivity contribution in [3.05, 3.63) is 84.2 Å². The number of pyridine rings is 1. The molecular formula is C32H30N4O5S. The molecule has 0 N–H and O–H groups in total. The molecule has 0 aliphatic carbocycles. The van der Waals surface area contributed by atoms with E-state index in [1.54, 1.807) is 42.6 Å². The van der Waals surface area contributed by atoms with Gasteiger partial charge in [0.05, 0.1) is 48.6 Å². The minimum atomic E-state index is -3.97. The van der Waals surface area contributed by atoms with E-state index < -0.39 is 10.0 Å². The van der Waals surface area contributed by atoms with E-state index in [9.17, 15) is 13.7 Å². The summed E-state index contributed by atoms with van der Waals surface area (Å²) in [5.74, 6) is 0.541. The zero-order chi connectivity index (χ0) is 28.7. The SMILES string of the molecule is N#Cc1cc(-c2ccnc3c2cc(C2=CCN(C4COC4)C2)n3S(=O)(=O)c2ccccc2)ccc1OC1CCOCC1. The Bertz CT molecular complexity index is 1820. The minimum absolute atomic E-state index is 0.00914. The smallest absolute Gasteiger partial charge is 0.269 e. The van der Waals surface area contributed by atoms with Crippen LogP contribution in [0.5, 0.6) is 5.75 Å². The number of rotatable bonds is 7. The lowest BCUT2D eigenvalue weighted by Crippen LogP contribution is -2.47. The molecule has 0 saturated carbocycles. The number of fused-ring (bicyclic) bond motifs is 1. The van der Waals surface area contributed by atoms with E-state index in [0.717, 1.165) is 36.1 Å². The number of hydrogen-bond acceptors (Lipinski definition) is 8. The van der Waals surface area contributed by atoms with Gasteiger partial charge < -0.3 is 14.2 Å². The molecule has 7 rings (SSSR count). The first kappa shape index (κ1) is 26.9. The van der Waals surface area contributed by atoms with Gasteiger partial charge in [-0.05, 0) is 53.1 Å².